The Morgan fingerprint density at radius 3 is 2.64 bits per heavy atom. The van der Waals surface area contributed by atoms with Gasteiger partial charge in [0.15, 0.2) is 0 Å². The molecular formula is C22H23ClN2O3. The van der Waals surface area contributed by atoms with E-state index < -0.39 is 0 Å². The third kappa shape index (κ3) is 3.86. The Balaban J connectivity index is 1.50. The van der Waals surface area contributed by atoms with Gasteiger partial charge in [-0.15, -0.1) is 0 Å². The molecule has 0 atom stereocenters. The number of piperazine rings is 1. The van der Waals surface area contributed by atoms with Crippen molar-refractivity contribution in [1.29, 1.82) is 0 Å². The van der Waals surface area contributed by atoms with Crippen LogP contribution in [0.25, 0.3) is 11.0 Å². The summed E-state index contributed by atoms with van der Waals surface area (Å²) in [5.41, 5.74) is 3.31. The number of anilines is 1. The van der Waals surface area contributed by atoms with Crippen LogP contribution >= 0.6 is 11.6 Å². The fourth-order valence-corrected chi connectivity index (χ4v) is 3.86. The summed E-state index contributed by atoms with van der Waals surface area (Å²) in [5.74, 6) is 0.870. The van der Waals surface area contributed by atoms with Crippen LogP contribution in [0.15, 0.2) is 51.7 Å². The van der Waals surface area contributed by atoms with E-state index in [0.29, 0.717) is 17.2 Å². The van der Waals surface area contributed by atoms with Crippen LogP contribution in [0.3, 0.4) is 0 Å². The van der Waals surface area contributed by atoms with Gasteiger partial charge in [-0.25, -0.2) is 4.79 Å². The van der Waals surface area contributed by atoms with Crippen molar-refractivity contribution in [2.24, 2.45) is 0 Å². The number of aryl methyl sites for hydroxylation is 1. The molecule has 5 nitrogen and oxygen atoms in total. The Bertz CT molecular complexity index is 1060. The summed E-state index contributed by atoms with van der Waals surface area (Å²) in [5, 5.41) is 1.59. The van der Waals surface area contributed by atoms with E-state index in [0.717, 1.165) is 48.4 Å². The fraction of sp³-hybridized carbons (Fsp3) is 0.318. The minimum Gasteiger partial charge on any atom is -0.497 e. The summed E-state index contributed by atoms with van der Waals surface area (Å²) in [4.78, 5) is 16.7. The molecule has 2 heterocycles. The smallest absolute Gasteiger partial charge is 0.336 e. The van der Waals surface area contributed by atoms with Crippen molar-refractivity contribution in [2.45, 2.75) is 13.5 Å². The lowest BCUT2D eigenvalue weighted by Gasteiger charge is -2.36. The topological polar surface area (TPSA) is 45.9 Å². The molecule has 1 aliphatic heterocycles. The van der Waals surface area contributed by atoms with Gasteiger partial charge >= 0.3 is 5.63 Å². The predicted molar refractivity (Wildman–Crippen MR) is 113 cm³/mol. The second kappa shape index (κ2) is 7.86. The number of fused-ring (bicyclic) bond motifs is 1. The highest BCUT2D eigenvalue weighted by Gasteiger charge is 2.19. The van der Waals surface area contributed by atoms with Crippen LogP contribution in [0.4, 0.5) is 5.69 Å². The van der Waals surface area contributed by atoms with Crippen molar-refractivity contribution in [3.63, 3.8) is 0 Å². The van der Waals surface area contributed by atoms with E-state index in [1.54, 1.807) is 13.2 Å². The van der Waals surface area contributed by atoms with E-state index >= 15 is 0 Å². The Labute approximate surface area is 169 Å². The number of hydrogen-bond donors (Lipinski definition) is 0. The Kier molecular flexibility index (Phi) is 5.29. The van der Waals surface area contributed by atoms with Gasteiger partial charge < -0.3 is 14.1 Å². The monoisotopic (exact) mass is 398 g/mol. The molecule has 6 heteroatoms. The summed E-state index contributed by atoms with van der Waals surface area (Å²) in [7, 11) is 1.69. The Morgan fingerprint density at radius 1 is 1.11 bits per heavy atom. The van der Waals surface area contributed by atoms with Gasteiger partial charge in [0.25, 0.3) is 0 Å². The van der Waals surface area contributed by atoms with E-state index in [2.05, 4.69) is 21.9 Å². The number of methoxy groups -OCH3 is 1. The zero-order chi connectivity index (χ0) is 19.7. The molecule has 0 unspecified atom stereocenters. The van der Waals surface area contributed by atoms with Crippen LogP contribution in [-0.4, -0.2) is 38.2 Å². The molecule has 0 N–H and O–H groups in total. The molecule has 1 aliphatic rings. The van der Waals surface area contributed by atoms with Crippen LogP contribution in [0.1, 0.15) is 11.1 Å². The van der Waals surface area contributed by atoms with Crippen molar-refractivity contribution < 1.29 is 9.15 Å². The molecule has 146 valence electrons. The van der Waals surface area contributed by atoms with Gasteiger partial charge in [0.2, 0.25) is 0 Å². The lowest BCUT2D eigenvalue weighted by atomic mass is 10.1. The molecule has 1 aromatic heterocycles. The number of hydrogen-bond acceptors (Lipinski definition) is 5. The van der Waals surface area contributed by atoms with Crippen molar-refractivity contribution >= 4 is 28.3 Å². The molecule has 28 heavy (non-hydrogen) atoms. The van der Waals surface area contributed by atoms with E-state index in [1.807, 2.05) is 31.2 Å². The molecule has 1 fully saturated rings. The van der Waals surface area contributed by atoms with E-state index in [4.69, 9.17) is 20.8 Å². The number of rotatable bonds is 4. The van der Waals surface area contributed by atoms with Gasteiger partial charge in [0.05, 0.1) is 7.11 Å². The lowest BCUT2D eigenvalue weighted by Crippen LogP contribution is -2.46. The summed E-state index contributed by atoms with van der Waals surface area (Å²) >= 11 is 6.30. The number of halogens is 1. The number of benzene rings is 2. The molecule has 2 aromatic carbocycles. The maximum absolute atomic E-state index is 12.0. The van der Waals surface area contributed by atoms with Crippen LogP contribution in [0, 0.1) is 6.92 Å². The highest BCUT2D eigenvalue weighted by molar-refractivity contribution is 6.32. The normalized spacial score (nSPS) is 15.2. The molecular weight excluding hydrogens is 376 g/mol. The van der Waals surface area contributed by atoms with Crippen molar-refractivity contribution in [1.82, 2.24) is 4.90 Å². The molecule has 0 bridgehead atoms. The van der Waals surface area contributed by atoms with Crippen LogP contribution < -0.4 is 15.3 Å². The summed E-state index contributed by atoms with van der Waals surface area (Å²) in [6.07, 6.45) is 0. The molecule has 0 aliphatic carbocycles. The summed E-state index contributed by atoms with van der Waals surface area (Å²) < 4.78 is 10.7. The largest absolute Gasteiger partial charge is 0.497 e. The molecule has 3 aromatic rings. The second-order valence-electron chi connectivity index (χ2n) is 7.15. The maximum Gasteiger partial charge on any atom is 0.336 e. The van der Waals surface area contributed by atoms with Crippen LogP contribution in [0.2, 0.25) is 5.02 Å². The fourth-order valence-electron chi connectivity index (χ4n) is 3.69. The van der Waals surface area contributed by atoms with E-state index in [9.17, 15) is 4.79 Å². The minimum atomic E-state index is -0.320. The number of nitrogens with zero attached hydrogens (tertiary/aromatic N) is 2. The van der Waals surface area contributed by atoms with Gasteiger partial charge in [-0.2, -0.15) is 0 Å². The average Bonchev–Trinajstić information content (AvgIpc) is 2.70. The van der Waals surface area contributed by atoms with Crippen molar-refractivity contribution in [2.75, 3.05) is 38.2 Å². The highest BCUT2D eigenvalue weighted by Crippen LogP contribution is 2.27. The maximum atomic E-state index is 12.0. The molecule has 0 saturated carbocycles. The molecule has 0 radical (unpaired) electrons. The first-order valence-corrected chi connectivity index (χ1v) is 9.75. The van der Waals surface area contributed by atoms with E-state index in [-0.39, 0.29) is 5.63 Å². The lowest BCUT2D eigenvalue weighted by molar-refractivity contribution is 0.250. The quantitative estimate of drug-likeness (QED) is 0.619. The zero-order valence-electron chi connectivity index (χ0n) is 16.1. The third-order valence-corrected chi connectivity index (χ3v) is 5.70. The van der Waals surface area contributed by atoms with Gasteiger partial charge in [0, 0.05) is 61.0 Å². The summed E-state index contributed by atoms with van der Waals surface area (Å²) in [6.45, 7) is 6.29. The van der Waals surface area contributed by atoms with Gasteiger partial charge in [-0.3, -0.25) is 4.90 Å². The average molecular weight is 399 g/mol. The van der Waals surface area contributed by atoms with Crippen molar-refractivity contribution in [3.05, 3.63) is 69.0 Å². The van der Waals surface area contributed by atoms with Crippen molar-refractivity contribution in [3.8, 4) is 5.75 Å². The first-order valence-electron chi connectivity index (χ1n) is 9.38. The first-order chi connectivity index (χ1) is 13.5. The predicted octanol–water partition coefficient (Wildman–Crippen LogP) is 4.09. The molecule has 0 spiro atoms. The summed E-state index contributed by atoms with van der Waals surface area (Å²) in [6, 6.07) is 13.5. The third-order valence-electron chi connectivity index (χ3n) is 5.29. The SMILES string of the molecule is COc1cccc(N2CCN(Cc3cc(=O)oc4cc(C)c(Cl)cc34)CC2)c1. The van der Waals surface area contributed by atoms with Crippen LogP contribution in [0.5, 0.6) is 5.75 Å². The Hall–Kier alpha value is -2.50. The van der Waals surface area contributed by atoms with Gasteiger partial charge in [-0.1, -0.05) is 17.7 Å². The van der Waals surface area contributed by atoms with Gasteiger partial charge in [0.1, 0.15) is 11.3 Å². The first kappa shape index (κ1) is 18.8. The zero-order valence-corrected chi connectivity index (χ0v) is 16.8. The minimum absolute atomic E-state index is 0.320. The Morgan fingerprint density at radius 2 is 1.89 bits per heavy atom. The molecule has 1 saturated heterocycles. The van der Waals surface area contributed by atoms with Crippen LogP contribution in [-0.2, 0) is 6.54 Å². The molecule has 0 amide bonds. The van der Waals surface area contributed by atoms with E-state index in [1.165, 1.54) is 5.69 Å². The molecule has 4 rings (SSSR count). The second-order valence-corrected chi connectivity index (χ2v) is 7.56. The van der Waals surface area contributed by atoms with Gasteiger partial charge in [-0.05, 0) is 42.3 Å². The standard InChI is InChI=1S/C22H23ClN2O3/c1-15-10-21-19(13-20(15)23)16(11-22(26)28-21)14-24-6-8-25(9-7-24)17-4-3-5-18(12-17)27-2/h3-5,10-13H,6-9,14H2,1-2H3. The highest BCUT2D eigenvalue weighted by atomic mass is 35.5. The number of ether oxygens (including phenoxy) is 1.